The third-order valence-electron chi connectivity index (χ3n) is 7.83. The molecule has 5 rings (SSSR count). The lowest BCUT2D eigenvalue weighted by atomic mass is 9.64. The smallest absolute Gasteiger partial charge is 0.262 e. The summed E-state index contributed by atoms with van der Waals surface area (Å²) >= 11 is 6.16. The summed E-state index contributed by atoms with van der Waals surface area (Å²) in [5.41, 5.74) is 4.13. The van der Waals surface area contributed by atoms with Crippen LogP contribution in [0.25, 0.3) is 0 Å². The molecule has 2 N–H and O–H groups in total. The van der Waals surface area contributed by atoms with Gasteiger partial charge in [-0.1, -0.05) is 57.5 Å². The first-order valence-corrected chi connectivity index (χ1v) is 14.5. The van der Waals surface area contributed by atoms with Crippen LogP contribution in [0.15, 0.2) is 65.0 Å². The quantitative estimate of drug-likeness (QED) is 0.379. The van der Waals surface area contributed by atoms with Gasteiger partial charge in [0.25, 0.3) is 5.91 Å². The second-order valence-corrected chi connectivity index (χ2v) is 13.1. The Morgan fingerprint density at radius 3 is 2.10 bits per heavy atom. The third kappa shape index (κ3) is 6.05. The number of hydrogen-bond donors (Lipinski definition) is 2. The van der Waals surface area contributed by atoms with Crippen LogP contribution in [0.4, 0.5) is 5.69 Å². The van der Waals surface area contributed by atoms with Crippen molar-refractivity contribution >= 4 is 34.8 Å². The lowest BCUT2D eigenvalue weighted by Crippen LogP contribution is -2.42. The Balaban J connectivity index is 1.49. The largest absolute Gasteiger partial charge is 0.490 e. The monoisotopic (exact) mass is 576 g/mol. The molecule has 7 nitrogen and oxygen atoms in total. The number of benzene rings is 2. The second kappa shape index (κ2) is 11.0. The van der Waals surface area contributed by atoms with Gasteiger partial charge >= 0.3 is 0 Å². The number of hydrogen-bond acceptors (Lipinski definition) is 6. The van der Waals surface area contributed by atoms with Gasteiger partial charge in [-0.25, -0.2) is 0 Å². The van der Waals surface area contributed by atoms with Crippen molar-refractivity contribution in [3.63, 3.8) is 0 Å². The highest BCUT2D eigenvalue weighted by Crippen LogP contribution is 2.51. The zero-order chi connectivity index (χ0) is 29.5. The number of halogens is 1. The van der Waals surface area contributed by atoms with Gasteiger partial charge in [0.2, 0.25) is 0 Å². The Bertz CT molecular complexity index is 1430. The lowest BCUT2D eigenvalue weighted by Gasteiger charge is -2.44. The molecule has 1 amide bonds. The molecule has 1 heterocycles. The summed E-state index contributed by atoms with van der Waals surface area (Å²) in [7, 11) is 0. The van der Waals surface area contributed by atoms with E-state index < -0.39 is 5.92 Å². The van der Waals surface area contributed by atoms with Gasteiger partial charge < -0.3 is 20.1 Å². The SMILES string of the molecule is CCOc1cc(C2C3=C(CC(C)(C)CC3=O)NC3=C2C(=O)CC(C)(C)C3)ccc1OCC(=O)Nc1ccccc1Cl. The maximum atomic E-state index is 13.6. The van der Waals surface area contributed by atoms with E-state index in [-0.39, 0.29) is 34.9 Å². The normalized spacial score (nSPS) is 19.8. The van der Waals surface area contributed by atoms with Crippen LogP contribution in [0.5, 0.6) is 11.5 Å². The molecular formula is C33H37ClN2O5. The van der Waals surface area contributed by atoms with E-state index in [2.05, 4.69) is 38.3 Å². The first-order valence-electron chi connectivity index (χ1n) is 14.1. The van der Waals surface area contributed by atoms with Crippen LogP contribution in [-0.4, -0.2) is 30.7 Å². The van der Waals surface area contributed by atoms with Gasteiger partial charge in [-0.05, 0) is 60.4 Å². The maximum absolute atomic E-state index is 13.6. The zero-order valence-electron chi connectivity index (χ0n) is 24.3. The Kier molecular flexibility index (Phi) is 7.77. The van der Waals surface area contributed by atoms with Crippen LogP contribution < -0.4 is 20.1 Å². The van der Waals surface area contributed by atoms with E-state index in [1.165, 1.54) is 0 Å². The molecule has 0 bridgehead atoms. The topological polar surface area (TPSA) is 93.7 Å². The molecule has 0 radical (unpaired) electrons. The number of carbonyl (C=O) groups is 3. The van der Waals surface area contributed by atoms with Crippen LogP contribution in [0.3, 0.4) is 0 Å². The van der Waals surface area contributed by atoms with E-state index in [1.807, 2.05) is 19.1 Å². The number of rotatable bonds is 7. The van der Waals surface area contributed by atoms with Crippen molar-refractivity contribution in [3.8, 4) is 11.5 Å². The number of para-hydroxylation sites is 1. The van der Waals surface area contributed by atoms with Gasteiger partial charge in [0, 0.05) is 41.3 Å². The van der Waals surface area contributed by atoms with Crippen molar-refractivity contribution in [2.45, 2.75) is 66.2 Å². The number of Topliss-reactive ketones (excluding diaryl/α,β-unsaturated/α-hetero) is 2. The third-order valence-corrected chi connectivity index (χ3v) is 8.16. The number of dihydropyridines is 1. The van der Waals surface area contributed by atoms with E-state index >= 15 is 0 Å². The number of carbonyl (C=O) groups excluding carboxylic acids is 3. The van der Waals surface area contributed by atoms with Crippen molar-refractivity contribution in [3.05, 3.63) is 75.6 Å². The average molecular weight is 577 g/mol. The van der Waals surface area contributed by atoms with Crippen molar-refractivity contribution in [1.29, 1.82) is 0 Å². The first kappa shape index (κ1) is 28.9. The number of anilines is 1. The molecule has 0 atom stereocenters. The average Bonchev–Trinajstić information content (AvgIpc) is 2.87. The summed E-state index contributed by atoms with van der Waals surface area (Å²) in [6, 6.07) is 12.4. The highest BCUT2D eigenvalue weighted by Gasteiger charge is 2.46. The molecule has 216 valence electrons. The van der Waals surface area contributed by atoms with Crippen molar-refractivity contribution in [2.24, 2.45) is 10.8 Å². The molecule has 0 aromatic heterocycles. The number of amides is 1. The minimum Gasteiger partial charge on any atom is -0.490 e. The maximum Gasteiger partial charge on any atom is 0.262 e. The van der Waals surface area contributed by atoms with Crippen LogP contribution in [-0.2, 0) is 14.4 Å². The Morgan fingerprint density at radius 1 is 0.902 bits per heavy atom. The van der Waals surface area contributed by atoms with E-state index in [9.17, 15) is 14.4 Å². The molecule has 1 aliphatic heterocycles. The lowest BCUT2D eigenvalue weighted by molar-refractivity contribution is -0.119. The van der Waals surface area contributed by atoms with Crippen LogP contribution in [0.2, 0.25) is 5.02 Å². The van der Waals surface area contributed by atoms with Gasteiger partial charge in [-0.2, -0.15) is 0 Å². The summed E-state index contributed by atoms with van der Waals surface area (Å²) in [6.45, 7) is 10.4. The van der Waals surface area contributed by atoms with E-state index in [0.29, 0.717) is 52.8 Å². The van der Waals surface area contributed by atoms with Crippen molar-refractivity contribution in [2.75, 3.05) is 18.5 Å². The molecule has 41 heavy (non-hydrogen) atoms. The summed E-state index contributed by atoms with van der Waals surface area (Å²) < 4.78 is 11.8. The predicted octanol–water partition coefficient (Wildman–Crippen LogP) is 6.73. The van der Waals surface area contributed by atoms with E-state index in [1.54, 1.807) is 30.3 Å². The van der Waals surface area contributed by atoms with Gasteiger partial charge in [-0.15, -0.1) is 0 Å². The molecule has 8 heteroatoms. The van der Waals surface area contributed by atoms with E-state index in [4.69, 9.17) is 21.1 Å². The number of nitrogens with one attached hydrogen (secondary N) is 2. The molecule has 0 saturated heterocycles. The van der Waals surface area contributed by atoms with E-state index in [0.717, 1.165) is 29.8 Å². The van der Waals surface area contributed by atoms with Gasteiger partial charge in [0.15, 0.2) is 29.7 Å². The molecule has 2 aromatic carbocycles. The first-order chi connectivity index (χ1) is 19.4. The van der Waals surface area contributed by atoms with Gasteiger partial charge in [0.05, 0.1) is 17.3 Å². The fourth-order valence-corrected chi connectivity index (χ4v) is 6.39. The predicted molar refractivity (Wildman–Crippen MR) is 159 cm³/mol. The summed E-state index contributed by atoms with van der Waals surface area (Å²) in [4.78, 5) is 39.8. The molecule has 0 spiro atoms. The van der Waals surface area contributed by atoms with Crippen molar-refractivity contribution in [1.82, 2.24) is 5.32 Å². The van der Waals surface area contributed by atoms with Gasteiger partial charge in [-0.3, -0.25) is 14.4 Å². The Hall–Kier alpha value is -3.58. The summed E-state index contributed by atoms with van der Waals surface area (Å²) in [5.74, 6) is 0.128. The Morgan fingerprint density at radius 2 is 1.51 bits per heavy atom. The molecule has 0 unspecified atom stereocenters. The summed E-state index contributed by atoms with van der Waals surface area (Å²) in [5, 5.41) is 6.73. The minimum atomic E-state index is -0.481. The minimum absolute atomic E-state index is 0.0625. The zero-order valence-corrected chi connectivity index (χ0v) is 25.0. The molecule has 3 aliphatic rings. The molecule has 2 aliphatic carbocycles. The fraction of sp³-hybridized carbons (Fsp3) is 0.424. The number of allylic oxidation sites excluding steroid dienone is 4. The molecule has 2 aromatic rings. The fourth-order valence-electron chi connectivity index (χ4n) is 6.21. The van der Waals surface area contributed by atoms with Gasteiger partial charge in [0.1, 0.15) is 0 Å². The number of ketones is 2. The number of ether oxygens (including phenoxy) is 2. The molecule has 0 fully saturated rings. The van der Waals surface area contributed by atoms with Crippen LogP contribution in [0, 0.1) is 10.8 Å². The highest BCUT2D eigenvalue weighted by atomic mass is 35.5. The molecule has 0 saturated carbocycles. The summed E-state index contributed by atoms with van der Waals surface area (Å²) in [6.07, 6.45) is 2.31. The van der Waals surface area contributed by atoms with Crippen LogP contribution in [0.1, 0.15) is 71.8 Å². The van der Waals surface area contributed by atoms with Crippen molar-refractivity contribution < 1.29 is 23.9 Å². The standard InChI is InChI=1S/C33H37ClN2O5/c1-6-40-27-13-19(11-12-26(27)41-18-28(39)36-21-10-8-7-9-20(21)34)29-30-22(14-32(2,3)16-24(30)37)35-23-15-33(4,5)17-25(38)31(23)29/h7-13,29,35H,6,14-18H2,1-5H3,(H,36,39). The Labute approximate surface area is 246 Å². The molecular weight excluding hydrogens is 540 g/mol. The highest BCUT2D eigenvalue weighted by molar-refractivity contribution is 6.33. The second-order valence-electron chi connectivity index (χ2n) is 12.7. The van der Waals surface area contributed by atoms with Crippen LogP contribution >= 0.6 is 11.6 Å².